The minimum atomic E-state index is -3.88. The predicted molar refractivity (Wildman–Crippen MR) is 197 cm³/mol. The van der Waals surface area contributed by atoms with Crippen molar-refractivity contribution in [2.24, 2.45) is 11.8 Å². The van der Waals surface area contributed by atoms with Gasteiger partial charge in [-0.25, -0.2) is 13.4 Å². The highest BCUT2D eigenvalue weighted by Crippen LogP contribution is 2.46. The molecule has 0 bridgehead atoms. The van der Waals surface area contributed by atoms with E-state index in [2.05, 4.69) is 15.0 Å². The summed E-state index contributed by atoms with van der Waals surface area (Å²) in [6.45, 7) is 5.34. The maximum absolute atomic E-state index is 14.6. The summed E-state index contributed by atoms with van der Waals surface area (Å²) >= 11 is 0. The third-order valence-electron chi connectivity index (χ3n) is 10.5. The first-order chi connectivity index (χ1) is 25.2. The fourth-order valence-corrected chi connectivity index (χ4v) is 8.93. The number of rotatable bonds is 7. The number of benzene rings is 1. The van der Waals surface area contributed by atoms with Crippen LogP contribution in [0.25, 0.3) is 21.8 Å². The van der Waals surface area contributed by atoms with E-state index < -0.39 is 68.2 Å². The van der Waals surface area contributed by atoms with E-state index in [1.54, 1.807) is 27.0 Å². The number of carbonyl (C=O) groups excluding carboxylic acids is 4. The van der Waals surface area contributed by atoms with Crippen LogP contribution in [0.3, 0.4) is 0 Å². The van der Waals surface area contributed by atoms with Gasteiger partial charge in [-0.15, -0.1) is 0 Å². The van der Waals surface area contributed by atoms with Crippen molar-refractivity contribution < 1.29 is 37.1 Å². The van der Waals surface area contributed by atoms with E-state index in [-0.39, 0.29) is 31.7 Å². The van der Waals surface area contributed by atoms with Crippen LogP contribution in [0.15, 0.2) is 54.7 Å². The predicted octanol–water partition coefficient (Wildman–Crippen LogP) is 4.48. The van der Waals surface area contributed by atoms with Crippen molar-refractivity contribution in [3.8, 4) is 5.88 Å². The number of sulfonamides is 1. The number of pyridine rings is 2. The van der Waals surface area contributed by atoms with Crippen LogP contribution in [0.1, 0.15) is 85.0 Å². The van der Waals surface area contributed by atoms with Gasteiger partial charge in [-0.3, -0.25) is 23.9 Å². The topological polar surface area (TPSA) is 174 Å². The molecule has 0 radical (unpaired) electrons. The van der Waals surface area contributed by atoms with Gasteiger partial charge < -0.3 is 19.7 Å². The third-order valence-corrected chi connectivity index (χ3v) is 12.3. The Morgan fingerprint density at radius 1 is 1.02 bits per heavy atom. The molecule has 3 aromatic rings. The number of fused-ring (bicyclic) bond motifs is 5. The molecule has 5 atom stereocenters. The number of nitrogens with zero attached hydrogens (tertiary/aromatic N) is 3. The van der Waals surface area contributed by atoms with Crippen LogP contribution >= 0.6 is 0 Å². The number of ether oxygens (including phenoxy) is 2. The number of hydrogen-bond donors (Lipinski definition) is 2. The molecule has 3 fully saturated rings. The van der Waals surface area contributed by atoms with E-state index in [1.165, 1.54) is 4.90 Å². The quantitative estimate of drug-likeness (QED) is 0.199. The van der Waals surface area contributed by atoms with Crippen LogP contribution in [-0.4, -0.2) is 82.1 Å². The molecule has 14 heteroatoms. The zero-order valence-corrected chi connectivity index (χ0v) is 31.2. The molecular formula is C39H47N5O8S. The zero-order chi connectivity index (χ0) is 37.5. The Hall–Kier alpha value is -4.59. The molecule has 1 saturated heterocycles. The Bertz CT molecular complexity index is 2080. The Kier molecular flexibility index (Phi) is 9.94. The number of hydrogen-bond acceptors (Lipinski definition) is 10. The zero-order valence-electron chi connectivity index (χ0n) is 30.4. The summed E-state index contributed by atoms with van der Waals surface area (Å²) in [5.74, 6) is -3.10. The molecule has 2 aromatic heterocycles. The van der Waals surface area contributed by atoms with Crippen molar-refractivity contribution in [1.29, 1.82) is 0 Å². The molecule has 3 amide bonds. The second-order valence-electron chi connectivity index (χ2n) is 15.8. The summed E-state index contributed by atoms with van der Waals surface area (Å²) < 4.78 is 40.1. The first-order valence-electron chi connectivity index (χ1n) is 18.6. The van der Waals surface area contributed by atoms with E-state index in [4.69, 9.17) is 14.5 Å². The van der Waals surface area contributed by atoms with Gasteiger partial charge in [0.1, 0.15) is 23.3 Å². The lowest BCUT2D eigenvalue weighted by molar-refractivity contribution is -0.159. The van der Waals surface area contributed by atoms with E-state index in [0.29, 0.717) is 43.6 Å². The molecule has 1 aromatic carbocycles. The second kappa shape index (κ2) is 14.3. The van der Waals surface area contributed by atoms with Crippen molar-refractivity contribution in [3.05, 3.63) is 54.7 Å². The number of allylic oxidation sites excluding steroid dienone is 1. The Morgan fingerprint density at radius 2 is 1.77 bits per heavy atom. The summed E-state index contributed by atoms with van der Waals surface area (Å²) in [5, 5.41) is 4.78. The maximum Gasteiger partial charge on any atom is 0.307 e. The van der Waals surface area contributed by atoms with Crippen molar-refractivity contribution in [1.82, 2.24) is 24.9 Å². The van der Waals surface area contributed by atoms with Gasteiger partial charge in [-0.1, -0.05) is 43.2 Å². The summed E-state index contributed by atoms with van der Waals surface area (Å²) in [4.78, 5) is 66.4. The van der Waals surface area contributed by atoms with Gasteiger partial charge in [0.15, 0.2) is 5.65 Å². The highest BCUT2D eigenvalue weighted by Gasteiger charge is 2.62. The summed E-state index contributed by atoms with van der Waals surface area (Å²) in [6, 6.07) is 10.4. The van der Waals surface area contributed by atoms with E-state index >= 15 is 0 Å². The standard InChI is InChI=1S/C39H47N5O8S/c1-38(2,3)52-32(45)20-24-12-7-5-4-6-8-13-25-22-39(25,37(48)43-53(49,50)27-17-18-27)42-34(46)31-21-26(23-44(31)36(24)47)51-35-30-15-10-9-14-28(30)29-16-11-19-40-33(29)41-35/h8-11,13-16,19,24-27,31H,4-7,12,17-18,20-23H2,1-3H3,(H,42,46)(H,43,48)/b13-8-/t24?,25-,26-,31+,39-/m1/s1. The maximum atomic E-state index is 14.6. The minimum Gasteiger partial charge on any atom is -0.472 e. The molecule has 0 spiro atoms. The van der Waals surface area contributed by atoms with E-state index in [0.717, 1.165) is 29.0 Å². The highest BCUT2D eigenvalue weighted by molar-refractivity contribution is 7.91. The summed E-state index contributed by atoms with van der Waals surface area (Å²) in [5.41, 5.74) is -1.74. The molecule has 2 aliphatic carbocycles. The molecule has 13 nitrogen and oxygen atoms in total. The summed E-state index contributed by atoms with van der Waals surface area (Å²) in [6.07, 6.45) is 9.38. The third kappa shape index (κ3) is 8.02. The minimum absolute atomic E-state index is 0.0244. The molecular weight excluding hydrogens is 699 g/mol. The van der Waals surface area contributed by atoms with Crippen LogP contribution in [0.2, 0.25) is 0 Å². The van der Waals surface area contributed by atoms with Crippen LogP contribution < -0.4 is 14.8 Å². The molecule has 4 aliphatic rings. The number of nitrogens with one attached hydrogen (secondary N) is 2. The molecule has 2 saturated carbocycles. The lowest BCUT2D eigenvalue weighted by Crippen LogP contribution is -2.57. The van der Waals surface area contributed by atoms with Gasteiger partial charge in [0.25, 0.3) is 5.91 Å². The van der Waals surface area contributed by atoms with Crippen LogP contribution in [0, 0.1) is 11.8 Å². The number of carbonyl (C=O) groups is 4. The second-order valence-corrected chi connectivity index (χ2v) is 17.8. The van der Waals surface area contributed by atoms with Gasteiger partial charge >= 0.3 is 5.97 Å². The molecule has 4 heterocycles. The smallest absolute Gasteiger partial charge is 0.307 e. The first-order valence-corrected chi connectivity index (χ1v) is 20.2. The molecule has 7 rings (SSSR count). The Morgan fingerprint density at radius 3 is 2.53 bits per heavy atom. The van der Waals surface area contributed by atoms with Crippen molar-refractivity contribution >= 4 is 55.5 Å². The lowest BCUT2D eigenvalue weighted by atomic mass is 9.95. The molecule has 1 unspecified atom stereocenters. The number of esters is 1. The number of amides is 3. The lowest BCUT2D eigenvalue weighted by Gasteiger charge is -2.30. The largest absolute Gasteiger partial charge is 0.472 e. The molecule has 282 valence electrons. The molecule has 53 heavy (non-hydrogen) atoms. The Balaban J connectivity index is 1.21. The van der Waals surface area contributed by atoms with Crippen molar-refractivity contribution in [3.63, 3.8) is 0 Å². The molecule has 2 N–H and O–H groups in total. The van der Waals surface area contributed by atoms with Crippen LogP contribution in [0.4, 0.5) is 0 Å². The normalized spacial score (nSPS) is 27.5. The van der Waals surface area contributed by atoms with Gasteiger partial charge in [0.05, 0.1) is 18.2 Å². The molecule has 2 aliphatic heterocycles. The van der Waals surface area contributed by atoms with Gasteiger partial charge in [-0.2, -0.15) is 4.98 Å². The van der Waals surface area contributed by atoms with Crippen molar-refractivity contribution in [2.75, 3.05) is 6.54 Å². The van der Waals surface area contributed by atoms with E-state index in [1.807, 2.05) is 48.6 Å². The van der Waals surface area contributed by atoms with Gasteiger partial charge in [0, 0.05) is 35.2 Å². The van der Waals surface area contributed by atoms with E-state index in [9.17, 15) is 27.6 Å². The van der Waals surface area contributed by atoms with Gasteiger partial charge in [0.2, 0.25) is 27.7 Å². The van der Waals surface area contributed by atoms with Crippen LogP contribution in [0.5, 0.6) is 5.88 Å². The number of aromatic nitrogens is 2. The fourth-order valence-electron chi connectivity index (χ4n) is 7.57. The monoisotopic (exact) mass is 745 g/mol. The Labute approximate surface area is 309 Å². The first kappa shape index (κ1) is 36.8. The average molecular weight is 746 g/mol. The van der Waals surface area contributed by atoms with Gasteiger partial charge in [-0.05, 0) is 82.9 Å². The fraction of sp³-hybridized carbons (Fsp3) is 0.538. The van der Waals surface area contributed by atoms with Crippen LogP contribution in [-0.2, 0) is 33.9 Å². The highest BCUT2D eigenvalue weighted by atomic mass is 32.2. The summed E-state index contributed by atoms with van der Waals surface area (Å²) in [7, 11) is -3.88. The average Bonchev–Trinajstić information content (AvgIpc) is 4.03. The SMILES string of the molecule is CC(C)(C)OC(=O)CC1CCCCC/C=C\[C@@H]2C[C@@]2(C(=O)NS(=O)(=O)C2CC2)NC(=O)[C@@H]2C[C@@H](Oc3nc4ncccc4c4ccccc34)CN2C1=O. The van der Waals surface area contributed by atoms with Crippen molar-refractivity contribution in [2.45, 2.75) is 114 Å².